The van der Waals surface area contributed by atoms with Crippen molar-refractivity contribution in [3.63, 3.8) is 0 Å². The monoisotopic (exact) mass is 176 g/mol. The van der Waals surface area contributed by atoms with Crippen LogP contribution in [0.3, 0.4) is 0 Å². The highest BCUT2D eigenvalue weighted by Gasteiger charge is 2.04. The summed E-state index contributed by atoms with van der Waals surface area (Å²) < 4.78 is 0. The fourth-order valence-electron chi connectivity index (χ4n) is 1.60. The Bertz CT molecular complexity index is 251. The van der Waals surface area contributed by atoms with E-state index in [-0.39, 0.29) is 0 Å². The lowest BCUT2D eigenvalue weighted by atomic mass is 10.1. The van der Waals surface area contributed by atoms with Crippen LogP contribution in [0, 0.1) is 6.92 Å². The van der Waals surface area contributed by atoms with E-state index in [2.05, 4.69) is 49.9 Å². The van der Waals surface area contributed by atoms with Crippen molar-refractivity contribution >= 4 is 5.69 Å². The first-order valence-corrected chi connectivity index (χ1v) is 4.95. The van der Waals surface area contributed by atoms with Crippen LogP contribution in [0.25, 0.3) is 0 Å². The smallest absolute Gasteiger partial charge is 0.0398 e. The van der Waals surface area contributed by atoms with Crippen molar-refractivity contribution in [1.82, 2.24) is 0 Å². The van der Waals surface area contributed by atoms with Gasteiger partial charge >= 0.3 is 0 Å². The van der Waals surface area contributed by atoms with E-state index in [9.17, 15) is 0 Å². The van der Waals surface area contributed by atoms with Gasteiger partial charge in [-0.1, -0.05) is 18.2 Å². The zero-order valence-electron chi connectivity index (χ0n) is 8.59. The lowest BCUT2D eigenvalue weighted by Gasteiger charge is -2.23. The molecule has 0 N–H and O–H groups in total. The minimum atomic E-state index is 0.868. The molecule has 0 aliphatic carbocycles. The summed E-state index contributed by atoms with van der Waals surface area (Å²) >= 11 is 0. The fourth-order valence-corrected chi connectivity index (χ4v) is 1.60. The van der Waals surface area contributed by atoms with E-state index in [0.29, 0.717) is 0 Å². The highest BCUT2D eigenvalue weighted by atomic mass is 15.1. The molecule has 0 spiro atoms. The molecular formula is C12H18N. The summed E-state index contributed by atoms with van der Waals surface area (Å²) in [7, 11) is 0. The second kappa shape index (κ2) is 4.90. The zero-order chi connectivity index (χ0) is 9.68. The summed E-state index contributed by atoms with van der Waals surface area (Å²) in [6.07, 6.45) is 0.868. The van der Waals surface area contributed by atoms with Gasteiger partial charge in [0.15, 0.2) is 0 Å². The number of hydrogen-bond acceptors (Lipinski definition) is 1. The SMILES string of the molecule is [CH2]Cc1ccccc1N(CC)CC. The molecular weight excluding hydrogens is 158 g/mol. The van der Waals surface area contributed by atoms with Crippen LogP contribution >= 0.6 is 0 Å². The van der Waals surface area contributed by atoms with Crippen LogP contribution in [0.15, 0.2) is 24.3 Å². The number of rotatable bonds is 4. The van der Waals surface area contributed by atoms with Gasteiger partial charge in [-0.2, -0.15) is 0 Å². The Morgan fingerprint density at radius 3 is 2.31 bits per heavy atom. The van der Waals surface area contributed by atoms with Gasteiger partial charge in [-0.25, -0.2) is 0 Å². The van der Waals surface area contributed by atoms with Crippen molar-refractivity contribution in [2.75, 3.05) is 18.0 Å². The van der Waals surface area contributed by atoms with Crippen LogP contribution < -0.4 is 4.90 Å². The second-order valence-corrected chi connectivity index (χ2v) is 3.05. The minimum Gasteiger partial charge on any atom is -0.372 e. The molecule has 13 heavy (non-hydrogen) atoms. The Morgan fingerprint density at radius 1 is 1.15 bits per heavy atom. The predicted octanol–water partition coefficient (Wildman–Crippen LogP) is 2.91. The van der Waals surface area contributed by atoms with Crippen molar-refractivity contribution in [1.29, 1.82) is 0 Å². The van der Waals surface area contributed by atoms with Crippen molar-refractivity contribution in [2.24, 2.45) is 0 Å². The Kier molecular flexibility index (Phi) is 3.81. The Labute approximate surface area is 81.4 Å². The molecule has 71 valence electrons. The van der Waals surface area contributed by atoms with Gasteiger partial charge in [0.2, 0.25) is 0 Å². The topological polar surface area (TPSA) is 3.24 Å². The van der Waals surface area contributed by atoms with Crippen molar-refractivity contribution in [2.45, 2.75) is 20.3 Å². The summed E-state index contributed by atoms with van der Waals surface area (Å²) in [6, 6.07) is 8.49. The average molecular weight is 176 g/mol. The van der Waals surface area contributed by atoms with E-state index in [1.807, 2.05) is 0 Å². The molecule has 0 aromatic heterocycles. The first-order valence-electron chi connectivity index (χ1n) is 4.95. The van der Waals surface area contributed by atoms with E-state index in [0.717, 1.165) is 19.5 Å². The Balaban J connectivity index is 2.96. The van der Waals surface area contributed by atoms with Crippen LogP contribution in [0.2, 0.25) is 0 Å². The third-order valence-corrected chi connectivity index (χ3v) is 2.37. The van der Waals surface area contributed by atoms with E-state index < -0.39 is 0 Å². The maximum Gasteiger partial charge on any atom is 0.0398 e. The first kappa shape index (κ1) is 10.1. The van der Waals surface area contributed by atoms with Crippen LogP contribution in [0.1, 0.15) is 19.4 Å². The van der Waals surface area contributed by atoms with Crippen LogP contribution in [0.4, 0.5) is 5.69 Å². The molecule has 1 aromatic carbocycles. The first-order chi connectivity index (χ1) is 6.33. The lowest BCUT2D eigenvalue weighted by Crippen LogP contribution is -2.22. The predicted molar refractivity (Wildman–Crippen MR) is 59.1 cm³/mol. The number of hydrogen-bond donors (Lipinski definition) is 0. The second-order valence-electron chi connectivity index (χ2n) is 3.05. The van der Waals surface area contributed by atoms with Crippen molar-refractivity contribution < 1.29 is 0 Å². The molecule has 1 aromatic rings. The van der Waals surface area contributed by atoms with Gasteiger partial charge < -0.3 is 4.90 Å². The largest absolute Gasteiger partial charge is 0.372 e. The fraction of sp³-hybridized carbons (Fsp3) is 0.417. The maximum absolute atomic E-state index is 3.94. The molecule has 0 atom stereocenters. The molecule has 0 fully saturated rings. The third kappa shape index (κ3) is 2.24. The highest BCUT2D eigenvalue weighted by Crippen LogP contribution is 2.19. The average Bonchev–Trinajstić information content (AvgIpc) is 2.20. The van der Waals surface area contributed by atoms with Crippen LogP contribution in [-0.4, -0.2) is 13.1 Å². The van der Waals surface area contributed by atoms with Gasteiger partial charge in [-0.3, -0.25) is 0 Å². The molecule has 0 unspecified atom stereocenters. The molecule has 0 bridgehead atoms. The van der Waals surface area contributed by atoms with Gasteiger partial charge in [-0.15, -0.1) is 0 Å². The molecule has 1 nitrogen and oxygen atoms in total. The normalized spacial score (nSPS) is 10.1. The quantitative estimate of drug-likeness (QED) is 0.682. The molecule has 1 rings (SSSR count). The number of nitrogens with zero attached hydrogens (tertiary/aromatic N) is 1. The number of benzene rings is 1. The van der Waals surface area contributed by atoms with Crippen LogP contribution in [0.5, 0.6) is 0 Å². The molecule has 1 heteroatoms. The van der Waals surface area contributed by atoms with E-state index in [1.165, 1.54) is 11.3 Å². The molecule has 0 aliphatic heterocycles. The Morgan fingerprint density at radius 2 is 1.77 bits per heavy atom. The van der Waals surface area contributed by atoms with E-state index >= 15 is 0 Å². The van der Waals surface area contributed by atoms with Crippen LogP contribution in [-0.2, 0) is 6.42 Å². The lowest BCUT2D eigenvalue weighted by molar-refractivity contribution is 0.859. The number of para-hydroxylation sites is 1. The Hall–Kier alpha value is -0.980. The van der Waals surface area contributed by atoms with E-state index in [4.69, 9.17) is 0 Å². The summed E-state index contributed by atoms with van der Waals surface area (Å²) in [4.78, 5) is 2.36. The standard InChI is InChI=1S/C12H18N/c1-4-11-9-7-8-10-12(11)13(5-2)6-3/h7-10H,1,4-6H2,2-3H3. The molecule has 1 radical (unpaired) electrons. The van der Waals surface area contributed by atoms with Gasteiger partial charge in [0.05, 0.1) is 0 Å². The third-order valence-electron chi connectivity index (χ3n) is 2.37. The minimum absolute atomic E-state index is 0.868. The van der Waals surface area contributed by atoms with E-state index in [1.54, 1.807) is 0 Å². The summed E-state index contributed by atoms with van der Waals surface area (Å²) in [5.74, 6) is 0. The number of anilines is 1. The van der Waals surface area contributed by atoms with Gasteiger partial charge in [0.1, 0.15) is 0 Å². The molecule has 0 aliphatic rings. The highest BCUT2D eigenvalue weighted by molar-refractivity contribution is 5.53. The molecule has 0 amide bonds. The van der Waals surface area contributed by atoms with Gasteiger partial charge in [0.25, 0.3) is 0 Å². The zero-order valence-corrected chi connectivity index (χ0v) is 8.59. The molecule has 0 saturated heterocycles. The van der Waals surface area contributed by atoms with Gasteiger partial charge in [0, 0.05) is 18.8 Å². The maximum atomic E-state index is 3.94. The van der Waals surface area contributed by atoms with Crippen molar-refractivity contribution in [3.05, 3.63) is 36.8 Å². The summed E-state index contributed by atoms with van der Waals surface area (Å²) in [5, 5.41) is 0. The van der Waals surface area contributed by atoms with Gasteiger partial charge in [-0.05, 0) is 38.8 Å². The van der Waals surface area contributed by atoms with Crippen molar-refractivity contribution in [3.8, 4) is 0 Å². The molecule has 0 saturated carbocycles. The molecule has 0 heterocycles. The summed E-state index contributed by atoms with van der Waals surface area (Å²) in [5.41, 5.74) is 2.67. The summed E-state index contributed by atoms with van der Waals surface area (Å²) in [6.45, 7) is 10.4.